The van der Waals surface area contributed by atoms with Gasteiger partial charge in [0.15, 0.2) is 0 Å². The van der Waals surface area contributed by atoms with E-state index in [2.05, 4.69) is 31.9 Å². The van der Waals surface area contributed by atoms with Gasteiger partial charge < -0.3 is 10.0 Å². The van der Waals surface area contributed by atoms with Gasteiger partial charge in [-0.25, -0.2) is 0 Å². The molecule has 0 atom stereocenters. The molecule has 1 amide bonds. The van der Waals surface area contributed by atoms with Crippen LogP contribution in [0.2, 0.25) is 0 Å². The second-order valence-corrected chi connectivity index (χ2v) is 6.93. The fourth-order valence-corrected chi connectivity index (χ4v) is 3.69. The molecular formula is C13H13Br2NO2. The third-order valence-electron chi connectivity index (χ3n) is 3.72. The second kappa shape index (κ2) is 4.32. The normalized spacial score (nSPS) is 21.6. The van der Waals surface area contributed by atoms with Crippen molar-refractivity contribution in [3.63, 3.8) is 0 Å². The zero-order valence-electron chi connectivity index (χ0n) is 9.70. The first-order chi connectivity index (χ1) is 8.49. The summed E-state index contributed by atoms with van der Waals surface area (Å²) in [5, 5.41) is 10.2. The molecule has 1 aliphatic carbocycles. The van der Waals surface area contributed by atoms with E-state index in [9.17, 15) is 9.90 Å². The van der Waals surface area contributed by atoms with Crippen LogP contribution in [0.4, 0.5) is 0 Å². The molecule has 1 aliphatic heterocycles. The summed E-state index contributed by atoms with van der Waals surface area (Å²) in [5.41, 5.74) is 0.0355. The Kier molecular flexibility index (Phi) is 3.03. The van der Waals surface area contributed by atoms with Gasteiger partial charge >= 0.3 is 0 Å². The van der Waals surface area contributed by atoms with E-state index in [-0.39, 0.29) is 5.91 Å². The van der Waals surface area contributed by atoms with Gasteiger partial charge in [-0.1, -0.05) is 15.9 Å². The van der Waals surface area contributed by atoms with Crippen LogP contribution >= 0.6 is 31.9 Å². The Hall–Kier alpha value is -0.390. The molecule has 0 radical (unpaired) electrons. The van der Waals surface area contributed by atoms with Crippen LogP contribution in [0.15, 0.2) is 27.1 Å². The number of benzene rings is 1. The summed E-state index contributed by atoms with van der Waals surface area (Å²) in [6.07, 6.45) is 2.20. The summed E-state index contributed by atoms with van der Waals surface area (Å²) in [5.74, 6) is 0.398. The first kappa shape index (κ1) is 12.6. The highest BCUT2D eigenvalue weighted by molar-refractivity contribution is 9.11. The van der Waals surface area contributed by atoms with Gasteiger partial charge in [0.05, 0.1) is 18.7 Å². The number of nitrogens with zero attached hydrogens (tertiary/aromatic N) is 1. The number of carbonyl (C=O) groups excluding carboxylic acids is 1. The monoisotopic (exact) mass is 373 g/mol. The van der Waals surface area contributed by atoms with Crippen LogP contribution in [0.1, 0.15) is 23.2 Å². The molecule has 1 N–H and O–H groups in total. The molecule has 0 unspecified atom stereocenters. The number of rotatable bonds is 2. The van der Waals surface area contributed by atoms with E-state index < -0.39 is 5.60 Å². The van der Waals surface area contributed by atoms with Gasteiger partial charge in [0.1, 0.15) is 5.60 Å². The topological polar surface area (TPSA) is 40.5 Å². The highest BCUT2D eigenvalue weighted by Crippen LogP contribution is 2.45. The Morgan fingerprint density at radius 3 is 2.56 bits per heavy atom. The van der Waals surface area contributed by atoms with E-state index in [1.807, 2.05) is 12.1 Å². The molecule has 1 heterocycles. The van der Waals surface area contributed by atoms with E-state index in [1.54, 1.807) is 11.0 Å². The Balaban J connectivity index is 1.72. The van der Waals surface area contributed by atoms with Crippen molar-refractivity contribution >= 4 is 37.8 Å². The Morgan fingerprint density at radius 2 is 2.00 bits per heavy atom. The van der Waals surface area contributed by atoms with E-state index in [1.165, 1.54) is 0 Å². The summed E-state index contributed by atoms with van der Waals surface area (Å²) in [4.78, 5) is 14.0. The highest BCUT2D eigenvalue weighted by atomic mass is 79.9. The van der Waals surface area contributed by atoms with Crippen LogP contribution in [-0.2, 0) is 0 Å². The van der Waals surface area contributed by atoms with Gasteiger partial charge in [0.25, 0.3) is 5.91 Å². The minimum Gasteiger partial charge on any atom is -0.386 e. The number of carbonyl (C=O) groups is 1. The molecule has 0 aromatic heterocycles. The number of hydrogen-bond acceptors (Lipinski definition) is 2. The first-order valence-corrected chi connectivity index (χ1v) is 7.55. The lowest BCUT2D eigenvalue weighted by Gasteiger charge is -2.47. The number of likely N-dealkylation sites (tertiary alicyclic amines) is 1. The van der Waals surface area contributed by atoms with Gasteiger partial charge in [-0.2, -0.15) is 0 Å². The number of halogens is 2. The van der Waals surface area contributed by atoms with Crippen molar-refractivity contribution in [3.05, 3.63) is 32.7 Å². The van der Waals surface area contributed by atoms with Gasteiger partial charge in [0.2, 0.25) is 0 Å². The first-order valence-electron chi connectivity index (χ1n) is 5.96. The second-order valence-electron chi connectivity index (χ2n) is 5.16. The predicted octanol–water partition coefficient (Wildman–Crippen LogP) is 2.81. The zero-order chi connectivity index (χ0) is 12.9. The average molecular weight is 375 g/mol. The minimum atomic E-state index is -0.614. The van der Waals surface area contributed by atoms with E-state index in [0.29, 0.717) is 24.6 Å². The standard InChI is InChI=1S/C13H13Br2NO2/c14-9-3-4-10(11(15)5-9)12(17)16-6-13(18,7-16)8-1-2-8/h3-5,8,18H,1-2,6-7H2. The molecule has 3 rings (SSSR count). The van der Waals surface area contributed by atoms with E-state index >= 15 is 0 Å². The third-order valence-corrected chi connectivity index (χ3v) is 4.86. The number of aliphatic hydroxyl groups is 1. The molecule has 0 spiro atoms. The van der Waals surface area contributed by atoms with Crippen LogP contribution in [0.5, 0.6) is 0 Å². The molecule has 2 aliphatic rings. The molecule has 96 valence electrons. The van der Waals surface area contributed by atoms with Crippen LogP contribution in [0.25, 0.3) is 0 Å². The maximum atomic E-state index is 12.3. The molecule has 1 saturated carbocycles. The Bertz CT molecular complexity index is 508. The lowest BCUT2D eigenvalue weighted by molar-refractivity contribution is -0.0958. The maximum Gasteiger partial charge on any atom is 0.255 e. The van der Waals surface area contributed by atoms with Gasteiger partial charge in [-0.15, -0.1) is 0 Å². The molecule has 0 bridgehead atoms. The van der Waals surface area contributed by atoms with E-state index in [4.69, 9.17) is 0 Å². The van der Waals surface area contributed by atoms with Crippen molar-refractivity contribution in [2.24, 2.45) is 5.92 Å². The maximum absolute atomic E-state index is 12.3. The summed E-state index contributed by atoms with van der Waals surface area (Å²) in [6.45, 7) is 0.942. The van der Waals surface area contributed by atoms with Crippen molar-refractivity contribution in [2.75, 3.05) is 13.1 Å². The molecule has 18 heavy (non-hydrogen) atoms. The molecular weight excluding hydrogens is 362 g/mol. The summed E-state index contributed by atoms with van der Waals surface area (Å²) < 4.78 is 1.72. The summed E-state index contributed by atoms with van der Waals surface area (Å²) in [7, 11) is 0. The molecule has 5 heteroatoms. The van der Waals surface area contributed by atoms with Crippen LogP contribution in [0, 0.1) is 5.92 Å². The van der Waals surface area contributed by atoms with Crippen molar-refractivity contribution in [3.8, 4) is 0 Å². The molecule has 3 nitrogen and oxygen atoms in total. The van der Waals surface area contributed by atoms with Crippen molar-refractivity contribution in [2.45, 2.75) is 18.4 Å². The smallest absolute Gasteiger partial charge is 0.255 e. The Morgan fingerprint density at radius 1 is 1.33 bits per heavy atom. The van der Waals surface area contributed by atoms with Crippen LogP contribution in [-0.4, -0.2) is 34.6 Å². The van der Waals surface area contributed by atoms with Crippen molar-refractivity contribution in [1.29, 1.82) is 0 Å². The van der Waals surface area contributed by atoms with Gasteiger partial charge in [-0.3, -0.25) is 4.79 Å². The molecule has 1 aromatic carbocycles. The third kappa shape index (κ3) is 2.12. The summed E-state index contributed by atoms with van der Waals surface area (Å²) in [6, 6.07) is 5.51. The molecule has 1 aromatic rings. The fraction of sp³-hybridized carbons (Fsp3) is 0.462. The average Bonchev–Trinajstić information content (AvgIpc) is 3.08. The quantitative estimate of drug-likeness (QED) is 0.864. The largest absolute Gasteiger partial charge is 0.386 e. The lowest BCUT2D eigenvalue weighted by atomic mass is 9.88. The number of β-amino-alcohol motifs (C(OH)–C–C–N with tert-alkyl or cyclic N) is 1. The predicted molar refractivity (Wildman–Crippen MR) is 75.4 cm³/mol. The van der Waals surface area contributed by atoms with Crippen molar-refractivity contribution < 1.29 is 9.90 Å². The lowest BCUT2D eigenvalue weighted by Crippen LogP contribution is -2.64. The Labute approximate surface area is 122 Å². The summed E-state index contributed by atoms with van der Waals surface area (Å²) >= 11 is 6.76. The van der Waals surface area contributed by atoms with Crippen LogP contribution in [0.3, 0.4) is 0 Å². The fourth-order valence-electron chi connectivity index (χ4n) is 2.47. The highest BCUT2D eigenvalue weighted by Gasteiger charge is 2.53. The van der Waals surface area contributed by atoms with Crippen LogP contribution < -0.4 is 0 Å². The van der Waals surface area contributed by atoms with Gasteiger partial charge in [0, 0.05) is 8.95 Å². The minimum absolute atomic E-state index is 0.0142. The molecule has 1 saturated heterocycles. The number of hydrogen-bond donors (Lipinski definition) is 1. The zero-order valence-corrected chi connectivity index (χ0v) is 12.9. The molecule has 2 fully saturated rings. The van der Waals surface area contributed by atoms with Crippen molar-refractivity contribution in [1.82, 2.24) is 4.90 Å². The van der Waals surface area contributed by atoms with Gasteiger partial charge in [-0.05, 0) is 52.9 Å². The SMILES string of the molecule is O=C(c1ccc(Br)cc1Br)N1CC(O)(C2CC2)C1. The number of amides is 1. The van der Waals surface area contributed by atoms with E-state index in [0.717, 1.165) is 21.8 Å².